The molecule has 1 aromatic heterocycles. The molecule has 1 heterocycles. The van der Waals surface area contributed by atoms with Crippen LogP contribution in [0.1, 0.15) is 42.0 Å². The molecular weight excluding hydrogens is 210 g/mol. The Labute approximate surface area is 92.9 Å². The van der Waals surface area contributed by atoms with Crippen molar-refractivity contribution in [3.63, 3.8) is 0 Å². The van der Waals surface area contributed by atoms with Crippen LogP contribution in [0.2, 0.25) is 0 Å². The summed E-state index contributed by atoms with van der Waals surface area (Å²) in [7, 11) is 0. The van der Waals surface area contributed by atoms with Crippen molar-refractivity contribution in [3.05, 3.63) is 23.7 Å². The van der Waals surface area contributed by atoms with E-state index in [9.17, 15) is 9.90 Å². The van der Waals surface area contributed by atoms with Gasteiger partial charge in [-0.2, -0.15) is 0 Å². The number of hydrogen-bond acceptors (Lipinski definition) is 4. The first-order valence-corrected chi connectivity index (χ1v) is 5.33. The molecule has 0 aromatic carbocycles. The van der Waals surface area contributed by atoms with E-state index in [1.54, 1.807) is 0 Å². The molecule has 88 valence electrons. The quantitative estimate of drug-likeness (QED) is 0.699. The van der Waals surface area contributed by atoms with Crippen LogP contribution in [0.4, 0.5) is 0 Å². The van der Waals surface area contributed by atoms with Crippen LogP contribution in [0.25, 0.3) is 0 Å². The van der Waals surface area contributed by atoms with Gasteiger partial charge >= 0.3 is 5.97 Å². The summed E-state index contributed by atoms with van der Waals surface area (Å²) in [5.41, 5.74) is 4.70. The number of nitrogens with two attached hydrogens (primary N) is 1. The maximum atomic E-state index is 10.7. The smallest absolute Gasteiger partial charge is 0.371 e. The Bertz CT molecular complexity index is 390. The minimum Gasteiger partial charge on any atom is -0.475 e. The van der Waals surface area contributed by atoms with Gasteiger partial charge in [-0.1, -0.05) is 0 Å². The van der Waals surface area contributed by atoms with E-state index < -0.39 is 11.6 Å². The number of furan rings is 1. The molecule has 4 N–H and O–H groups in total. The Morgan fingerprint density at radius 3 is 2.56 bits per heavy atom. The molecule has 1 saturated carbocycles. The highest BCUT2D eigenvalue weighted by atomic mass is 16.4. The summed E-state index contributed by atoms with van der Waals surface area (Å²) >= 11 is 0. The number of rotatable bonds is 2. The van der Waals surface area contributed by atoms with Gasteiger partial charge in [0.05, 0.1) is 0 Å². The molecule has 2 rings (SSSR count). The SMILES string of the molecule is NC1CCC(O)(c2ccc(C(=O)O)o2)CC1. The van der Waals surface area contributed by atoms with Crippen molar-refractivity contribution in [2.45, 2.75) is 37.3 Å². The van der Waals surface area contributed by atoms with Crippen LogP contribution >= 0.6 is 0 Å². The molecule has 0 unspecified atom stereocenters. The summed E-state index contributed by atoms with van der Waals surface area (Å²) in [6, 6.07) is 3.01. The van der Waals surface area contributed by atoms with Crippen molar-refractivity contribution in [3.8, 4) is 0 Å². The minimum absolute atomic E-state index is 0.120. The molecule has 0 bridgehead atoms. The first-order chi connectivity index (χ1) is 7.51. The van der Waals surface area contributed by atoms with Crippen LogP contribution in [0.3, 0.4) is 0 Å². The van der Waals surface area contributed by atoms with Crippen LogP contribution in [-0.4, -0.2) is 22.2 Å². The number of aliphatic hydroxyl groups is 1. The molecule has 0 amide bonds. The van der Waals surface area contributed by atoms with E-state index in [-0.39, 0.29) is 11.8 Å². The summed E-state index contributed by atoms with van der Waals surface area (Å²) in [5.74, 6) is -0.933. The zero-order valence-electron chi connectivity index (χ0n) is 8.85. The second kappa shape index (κ2) is 3.92. The van der Waals surface area contributed by atoms with Gasteiger partial charge in [0.1, 0.15) is 11.4 Å². The molecule has 5 nitrogen and oxygen atoms in total. The van der Waals surface area contributed by atoms with Crippen LogP contribution in [0.15, 0.2) is 16.5 Å². The van der Waals surface area contributed by atoms with Gasteiger partial charge in [0.2, 0.25) is 5.76 Å². The molecule has 1 fully saturated rings. The summed E-state index contributed by atoms with van der Waals surface area (Å²) in [6.07, 6.45) is 2.47. The fraction of sp³-hybridized carbons (Fsp3) is 0.545. The first kappa shape index (κ1) is 11.2. The lowest BCUT2D eigenvalue weighted by Crippen LogP contribution is -2.36. The summed E-state index contributed by atoms with van der Waals surface area (Å²) in [4.78, 5) is 10.7. The Morgan fingerprint density at radius 2 is 2.06 bits per heavy atom. The molecule has 0 saturated heterocycles. The Balaban J connectivity index is 2.19. The molecule has 0 radical (unpaired) electrons. The van der Waals surface area contributed by atoms with Gasteiger partial charge < -0.3 is 20.4 Å². The van der Waals surface area contributed by atoms with E-state index in [0.717, 1.165) is 12.8 Å². The fourth-order valence-electron chi connectivity index (χ4n) is 2.07. The zero-order chi connectivity index (χ0) is 11.8. The lowest BCUT2D eigenvalue weighted by Gasteiger charge is -2.32. The molecular formula is C11H15NO4. The third-order valence-corrected chi connectivity index (χ3v) is 3.13. The average Bonchev–Trinajstić information content (AvgIpc) is 2.72. The van der Waals surface area contributed by atoms with Crippen molar-refractivity contribution >= 4 is 5.97 Å². The average molecular weight is 225 g/mol. The molecule has 1 aliphatic carbocycles. The number of carboxylic acids is 1. The zero-order valence-corrected chi connectivity index (χ0v) is 8.85. The Hall–Kier alpha value is -1.33. The highest BCUT2D eigenvalue weighted by molar-refractivity contribution is 5.84. The summed E-state index contributed by atoms with van der Waals surface area (Å²) in [6.45, 7) is 0. The highest BCUT2D eigenvalue weighted by Crippen LogP contribution is 2.37. The topological polar surface area (TPSA) is 96.7 Å². The van der Waals surface area contributed by atoms with E-state index in [1.165, 1.54) is 12.1 Å². The van der Waals surface area contributed by atoms with Crippen molar-refractivity contribution in [2.24, 2.45) is 5.73 Å². The van der Waals surface area contributed by atoms with Gasteiger partial charge in [-0.25, -0.2) is 4.79 Å². The fourth-order valence-corrected chi connectivity index (χ4v) is 2.07. The molecule has 1 aliphatic rings. The second-order valence-corrected chi connectivity index (χ2v) is 4.34. The summed E-state index contributed by atoms with van der Waals surface area (Å²) in [5, 5.41) is 19.0. The standard InChI is InChI=1S/C11H15NO4/c12-7-3-5-11(15,6-4-7)9-2-1-8(16-9)10(13)14/h1-2,7,15H,3-6,12H2,(H,13,14). The minimum atomic E-state index is -1.12. The monoisotopic (exact) mass is 225 g/mol. The van der Waals surface area contributed by atoms with E-state index >= 15 is 0 Å². The number of aromatic carboxylic acids is 1. The number of carbonyl (C=O) groups is 1. The van der Waals surface area contributed by atoms with Crippen molar-refractivity contribution in [2.75, 3.05) is 0 Å². The predicted molar refractivity (Wildman–Crippen MR) is 56.0 cm³/mol. The second-order valence-electron chi connectivity index (χ2n) is 4.34. The number of carboxylic acid groups (broad SMARTS) is 1. The van der Waals surface area contributed by atoms with Gasteiger partial charge in [0.25, 0.3) is 0 Å². The van der Waals surface area contributed by atoms with E-state index in [4.69, 9.17) is 15.3 Å². The molecule has 1 aromatic rings. The van der Waals surface area contributed by atoms with Crippen molar-refractivity contribution < 1.29 is 19.4 Å². The van der Waals surface area contributed by atoms with Crippen LogP contribution in [-0.2, 0) is 5.60 Å². The van der Waals surface area contributed by atoms with Crippen LogP contribution in [0.5, 0.6) is 0 Å². The Morgan fingerprint density at radius 1 is 1.44 bits per heavy atom. The van der Waals surface area contributed by atoms with Gasteiger partial charge in [-0.05, 0) is 37.8 Å². The van der Waals surface area contributed by atoms with E-state index in [2.05, 4.69) is 0 Å². The normalized spacial score (nSPS) is 30.2. The van der Waals surface area contributed by atoms with E-state index in [1.807, 2.05) is 0 Å². The Kier molecular flexibility index (Phi) is 2.73. The van der Waals surface area contributed by atoms with Crippen molar-refractivity contribution in [1.29, 1.82) is 0 Å². The third kappa shape index (κ3) is 1.96. The van der Waals surface area contributed by atoms with Gasteiger partial charge in [-0.3, -0.25) is 0 Å². The summed E-state index contributed by atoms with van der Waals surface area (Å²) < 4.78 is 5.13. The maximum absolute atomic E-state index is 10.7. The van der Waals surface area contributed by atoms with Gasteiger partial charge in [0, 0.05) is 6.04 Å². The maximum Gasteiger partial charge on any atom is 0.371 e. The molecule has 0 aliphatic heterocycles. The lowest BCUT2D eigenvalue weighted by atomic mass is 9.81. The molecule has 16 heavy (non-hydrogen) atoms. The van der Waals surface area contributed by atoms with Gasteiger partial charge in [-0.15, -0.1) is 0 Å². The van der Waals surface area contributed by atoms with Crippen LogP contribution in [0, 0.1) is 0 Å². The van der Waals surface area contributed by atoms with Gasteiger partial charge in [0.15, 0.2) is 0 Å². The first-order valence-electron chi connectivity index (χ1n) is 5.33. The lowest BCUT2D eigenvalue weighted by molar-refractivity contribution is -0.0245. The van der Waals surface area contributed by atoms with Crippen molar-refractivity contribution in [1.82, 2.24) is 0 Å². The molecule has 5 heteroatoms. The van der Waals surface area contributed by atoms with Crippen LogP contribution < -0.4 is 5.73 Å². The number of hydrogen-bond donors (Lipinski definition) is 3. The van der Waals surface area contributed by atoms with E-state index in [0.29, 0.717) is 18.6 Å². The third-order valence-electron chi connectivity index (χ3n) is 3.13. The predicted octanol–water partition coefficient (Wildman–Crippen LogP) is 1.07. The largest absolute Gasteiger partial charge is 0.475 e. The molecule has 0 spiro atoms. The molecule has 0 atom stereocenters. The highest BCUT2D eigenvalue weighted by Gasteiger charge is 2.36.